The van der Waals surface area contributed by atoms with Crippen molar-refractivity contribution in [1.82, 2.24) is 0 Å². The lowest BCUT2D eigenvalue weighted by Crippen LogP contribution is -2.11. The Morgan fingerprint density at radius 2 is 2.45 bits per heavy atom. The van der Waals surface area contributed by atoms with Crippen LogP contribution < -0.4 is 5.73 Å². The van der Waals surface area contributed by atoms with Crippen molar-refractivity contribution >= 4 is 17.2 Å². The molecule has 0 saturated heterocycles. The fourth-order valence-corrected chi connectivity index (χ4v) is 1.55. The van der Waals surface area contributed by atoms with E-state index in [2.05, 4.69) is 0 Å². The predicted octanol–water partition coefficient (Wildman–Crippen LogP) is 1.10. The zero-order valence-corrected chi connectivity index (χ0v) is 6.61. The van der Waals surface area contributed by atoms with E-state index in [1.54, 1.807) is 6.07 Å². The van der Waals surface area contributed by atoms with E-state index >= 15 is 0 Å². The molecular formula is C7H7N3S. The van der Waals surface area contributed by atoms with E-state index in [1.165, 1.54) is 11.3 Å². The summed E-state index contributed by atoms with van der Waals surface area (Å²) in [5.41, 5.74) is 5.18. The molecule has 0 bridgehead atoms. The number of hydrogen-bond donors (Lipinski definition) is 2. The van der Waals surface area contributed by atoms with Crippen molar-refractivity contribution in [2.75, 3.05) is 0 Å². The molecule has 3 N–H and O–H groups in total. The summed E-state index contributed by atoms with van der Waals surface area (Å²) in [6, 6.07) is 5.59. The molecule has 11 heavy (non-hydrogen) atoms. The second kappa shape index (κ2) is 3.17. The van der Waals surface area contributed by atoms with Gasteiger partial charge in [0.25, 0.3) is 0 Å². The Morgan fingerprint density at radius 3 is 2.91 bits per heavy atom. The molecule has 0 amide bonds. The highest BCUT2D eigenvalue weighted by Crippen LogP contribution is 2.15. The number of nitriles is 1. The third-order valence-electron chi connectivity index (χ3n) is 1.14. The third-order valence-corrected chi connectivity index (χ3v) is 2.13. The van der Waals surface area contributed by atoms with Gasteiger partial charge in [-0.05, 0) is 12.1 Å². The Bertz CT molecular complexity index is 308. The Labute approximate surface area is 68.6 Å². The molecule has 0 saturated carbocycles. The molecule has 0 radical (unpaired) electrons. The molecule has 0 fully saturated rings. The molecule has 3 nitrogen and oxygen atoms in total. The van der Waals surface area contributed by atoms with E-state index in [0.717, 1.165) is 4.88 Å². The van der Waals surface area contributed by atoms with Gasteiger partial charge in [0, 0.05) is 11.3 Å². The van der Waals surface area contributed by atoms with E-state index in [9.17, 15) is 0 Å². The maximum absolute atomic E-state index is 8.46. The average molecular weight is 165 g/mol. The first kappa shape index (κ1) is 7.76. The van der Waals surface area contributed by atoms with Crippen LogP contribution in [-0.2, 0) is 6.42 Å². The number of amidine groups is 1. The molecule has 0 aliphatic heterocycles. The van der Waals surface area contributed by atoms with Gasteiger partial charge in [0.05, 0.1) is 5.84 Å². The van der Waals surface area contributed by atoms with Gasteiger partial charge in [-0.3, -0.25) is 5.41 Å². The Balaban J connectivity index is 2.75. The van der Waals surface area contributed by atoms with Crippen LogP contribution in [0.15, 0.2) is 12.1 Å². The SMILES string of the molecule is N#Cc1ccc(CC(=N)N)s1. The van der Waals surface area contributed by atoms with Crippen molar-refractivity contribution in [3.63, 3.8) is 0 Å². The Morgan fingerprint density at radius 1 is 1.73 bits per heavy atom. The molecule has 0 aliphatic rings. The summed E-state index contributed by atoms with van der Waals surface area (Å²) >= 11 is 1.38. The molecule has 1 rings (SSSR count). The molecule has 0 spiro atoms. The van der Waals surface area contributed by atoms with Crippen LogP contribution in [0, 0.1) is 16.7 Å². The second-order valence-corrected chi connectivity index (χ2v) is 3.25. The molecule has 1 heterocycles. The summed E-state index contributed by atoms with van der Waals surface area (Å²) in [6.07, 6.45) is 0.451. The van der Waals surface area contributed by atoms with Crippen molar-refractivity contribution < 1.29 is 0 Å². The molecule has 4 heteroatoms. The zero-order valence-electron chi connectivity index (χ0n) is 5.79. The Hall–Kier alpha value is -1.34. The molecule has 1 aromatic rings. The first-order valence-electron chi connectivity index (χ1n) is 3.04. The largest absolute Gasteiger partial charge is 0.387 e. The normalized spacial score (nSPS) is 9.00. The summed E-state index contributed by atoms with van der Waals surface area (Å²) in [5.74, 6) is 0.135. The molecule has 1 aromatic heterocycles. The van der Waals surface area contributed by atoms with Crippen molar-refractivity contribution in [2.24, 2.45) is 5.73 Å². The van der Waals surface area contributed by atoms with E-state index in [4.69, 9.17) is 16.4 Å². The number of nitrogens with two attached hydrogens (primary N) is 1. The lowest BCUT2D eigenvalue weighted by molar-refractivity contribution is 1.29. The first-order chi connectivity index (χ1) is 5.22. The van der Waals surface area contributed by atoms with Crippen LogP contribution in [0.3, 0.4) is 0 Å². The van der Waals surface area contributed by atoms with Gasteiger partial charge < -0.3 is 5.73 Å². The minimum Gasteiger partial charge on any atom is -0.387 e. The maximum Gasteiger partial charge on any atom is 0.110 e. The lowest BCUT2D eigenvalue weighted by atomic mass is 10.3. The topological polar surface area (TPSA) is 73.7 Å². The van der Waals surface area contributed by atoms with Crippen LogP contribution in [0.1, 0.15) is 9.75 Å². The van der Waals surface area contributed by atoms with E-state index < -0.39 is 0 Å². The van der Waals surface area contributed by atoms with Crippen LogP contribution in [0.4, 0.5) is 0 Å². The Kier molecular flexibility index (Phi) is 2.24. The maximum atomic E-state index is 8.46. The predicted molar refractivity (Wildman–Crippen MR) is 44.7 cm³/mol. The minimum atomic E-state index is 0.135. The smallest absolute Gasteiger partial charge is 0.110 e. The number of hydrogen-bond acceptors (Lipinski definition) is 3. The summed E-state index contributed by atoms with van der Waals surface area (Å²) in [6.45, 7) is 0. The number of nitrogens with zero attached hydrogens (tertiary/aromatic N) is 1. The van der Waals surface area contributed by atoms with Gasteiger partial charge in [0.15, 0.2) is 0 Å². The monoisotopic (exact) mass is 165 g/mol. The van der Waals surface area contributed by atoms with Gasteiger partial charge in [-0.2, -0.15) is 5.26 Å². The molecule has 0 aromatic carbocycles. The van der Waals surface area contributed by atoms with Crippen molar-refractivity contribution in [2.45, 2.75) is 6.42 Å². The average Bonchev–Trinajstić information content (AvgIpc) is 2.34. The number of thiophene rings is 1. The second-order valence-electron chi connectivity index (χ2n) is 2.08. The highest BCUT2D eigenvalue weighted by atomic mass is 32.1. The van der Waals surface area contributed by atoms with Crippen LogP contribution >= 0.6 is 11.3 Å². The molecule has 0 unspecified atom stereocenters. The van der Waals surface area contributed by atoms with Gasteiger partial charge in [0.1, 0.15) is 10.9 Å². The summed E-state index contributed by atoms with van der Waals surface area (Å²) in [4.78, 5) is 1.63. The first-order valence-corrected chi connectivity index (χ1v) is 3.85. The van der Waals surface area contributed by atoms with Crippen LogP contribution in [-0.4, -0.2) is 5.84 Å². The van der Waals surface area contributed by atoms with E-state index in [0.29, 0.717) is 11.3 Å². The lowest BCUT2D eigenvalue weighted by Gasteiger charge is -1.90. The van der Waals surface area contributed by atoms with Crippen molar-refractivity contribution in [3.05, 3.63) is 21.9 Å². The fraction of sp³-hybridized carbons (Fsp3) is 0.143. The van der Waals surface area contributed by atoms with E-state index in [-0.39, 0.29) is 5.84 Å². The fourth-order valence-electron chi connectivity index (χ4n) is 0.721. The van der Waals surface area contributed by atoms with Crippen molar-refractivity contribution in [3.8, 4) is 6.07 Å². The van der Waals surface area contributed by atoms with E-state index in [1.807, 2.05) is 12.1 Å². The molecular weight excluding hydrogens is 158 g/mol. The molecule has 0 atom stereocenters. The van der Waals surface area contributed by atoms with Gasteiger partial charge >= 0.3 is 0 Å². The van der Waals surface area contributed by atoms with Crippen LogP contribution in [0.25, 0.3) is 0 Å². The molecule has 0 aliphatic carbocycles. The van der Waals surface area contributed by atoms with Crippen molar-refractivity contribution in [1.29, 1.82) is 10.7 Å². The zero-order chi connectivity index (χ0) is 8.27. The van der Waals surface area contributed by atoms with Gasteiger partial charge in [-0.15, -0.1) is 11.3 Å². The number of rotatable bonds is 2. The summed E-state index contributed by atoms with van der Waals surface area (Å²) in [5, 5.41) is 15.5. The van der Waals surface area contributed by atoms with Crippen LogP contribution in [0.2, 0.25) is 0 Å². The summed E-state index contributed by atoms with van der Waals surface area (Å²) in [7, 11) is 0. The third kappa shape index (κ3) is 2.06. The van der Waals surface area contributed by atoms with Gasteiger partial charge in [-0.25, -0.2) is 0 Å². The van der Waals surface area contributed by atoms with Crippen LogP contribution in [0.5, 0.6) is 0 Å². The standard InChI is InChI=1S/C7H7N3S/c8-4-6-2-1-5(11-6)3-7(9)10/h1-2H,3H2,(H3,9,10). The summed E-state index contributed by atoms with van der Waals surface area (Å²) < 4.78 is 0. The molecule has 56 valence electrons. The minimum absolute atomic E-state index is 0.135. The van der Waals surface area contributed by atoms with Gasteiger partial charge in [-0.1, -0.05) is 0 Å². The quantitative estimate of drug-likeness (QED) is 0.508. The highest BCUT2D eigenvalue weighted by Gasteiger charge is 1.99. The number of nitrogens with one attached hydrogen (secondary N) is 1. The van der Waals surface area contributed by atoms with Gasteiger partial charge in [0.2, 0.25) is 0 Å². The highest BCUT2D eigenvalue weighted by molar-refractivity contribution is 7.12.